The van der Waals surface area contributed by atoms with Crippen molar-refractivity contribution in [3.05, 3.63) is 53.9 Å². The zero-order chi connectivity index (χ0) is 18.4. The first-order chi connectivity index (χ1) is 12.6. The third kappa shape index (κ3) is 5.68. The summed E-state index contributed by atoms with van der Waals surface area (Å²) in [7, 11) is 2.26. The zero-order valence-electron chi connectivity index (χ0n) is 16.6. The fourth-order valence-corrected chi connectivity index (χ4v) is 3.95. The van der Waals surface area contributed by atoms with Crippen LogP contribution in [0.15, 0.2) is 42.7 Å². The molecule has 142 valence electrons. The first-order valence-electron chi connectivity index (χ1n) is 10.1. The molecule has 3 rings (SSSR count). The van der Waals surface area contributed by atoms with Gasteiger partial charge in [-0.1, -0.05) is 30.3 Å². The highest BCUT2D eigenvalue weighted by molar-refractivity contribution is 5.15. The third-order valence-corrected chi connectivity index (χ3v) is 5.39. The Morgan fingerprint density at radius 2 is 2.00 bits per heavy atom. The van der Waals surface area contributed by atoms with Gasteiger partial charge in [0.2, 0.25) is 0 Å². The average Bonchev–Trinajstić information content (AvgIpc) is 3.09. The molecule has 0 radical (unpaired) electrons. The Bertz CT molecular complexity index is 649. The molecule has 0 spiro atoms. The van der Waals surface area contributed by atoms with Gasteiger partial charge in [-0.05, 0) is 58.2 Å². The maximum absolute atomic E-state index is 4.53. The van der Waals surface area contributed by atoms with Crippen LogP contribution in [0.3, 0.4) is 0 Å². The van der Waals surface area contributed by atoms with E-state index in [1.807, 2.05) is 6.20 Å². The molecule has 2 heterocycles. The minimum absolute atomic E-state index is 0.425. The van der Waals surface area contributed by atoms with Crippen LogP contribution in [0, 0.1) is 5.92 Å². The Morgan fingerprint density at radius 3 is 2.69 bits per heavy atom. The number of rotatable bonds is 8. The molecule has 1 aliphatic heterocycles. The predicted octanol–water partition coefficient (Wildman–Crippen LogP) is 3.85. The molecule has 4 heteroatoms. The molecule has 1 aliphatic rings. The Kier molecular flexibility index (Phi) is 6.86. The normalized spacial score (nSPS) is 18.7. The fourth-order valence-electron chi connectivity index (χ4n) is 3.95. The van der Waals surface area contributed by atoms with Gasteiger partial charge >= 0.3 is 0 Å². The first kappa shape index (κ1) is 19.1. The summed E-state index contributed by atoms with van der Waals surface area (Å²) >= 11 is 0. The van der Waals surface area contributed by atoms with Gasteiger partial charge in [-0.15, -0.1) is 0 Å². The minimum Gasteiger partial charge on any atom is -0.306 e. The molecular formula is C22H34N4. The number of benzene rings is 1. The lowest BCUT2D eigenvalue weighted by molar-refractivity contribution is 0.148. The molecule has 1 atom stereocenters. The van der Waals surface area contributed by atoms with Crippen LogP contribution < -0.4 is 0 Å². The standard InChI is InChI=1S/C22H34N4/c1-19(2)26-18-22(14-23-26)17-25(13-11-20-8-5-4-6-9-20)16-21-10-7-12-24(3)15-21/h4-6,8-9,14,18-19,21H,7,10-13,15-17H2,1-3H3. The third-order valence-electron chi connectivity index (χ3n) is 5.39. The van der Waals surface area contributed by atoms with E-state index in [4.69, 9.17) is 0 Å². The van der Waals surface area contributed by atoms with E-state index in [1.54, 1.807) is 0 Å². The van der Waals surface area contributed by atoms with Crippen LogP contribution in [0.25, 0.3) is 0 Å². The molecule has 26 heavy (non-hydrogen) atoms. The van der Waals surface area contributed by atoms with Crippen LogP contribution >= 0.6 is 0 Å². The van der Waals surface area contributed by atoms with Gasteiger partial charge in [-0.2, -0.15) is 5.10 Å². The summed E-state index contributed by atoms with van der Waals surface area (Å²) in [5.41, 5.74) is 2.76. The molecule has 0 saturated carbocycles. The van der Waals surface area contributed by atoms with Gasteiger partial charge in [0.15, 0.2) is 0 Å². The molecule has 0 amide bonds. The molecular weight excluding hydrogens is 320 g/mol. The molecule has 0 aliphatic carbocycles. The van der Waals surface area contributed by atoms with Gasteiger partial charge < -0.3 is 4.90 Å². The van der Waals surface area contributed by atoms with Crippen molar-refractivity contribution in [2.24, 2.45) is 5.92 Å². The summed E-state index contributed by atoms with van der Waals surface area (Å²) < 4.78 is 2.07. The largest absolute Gasteiger partial charge is 0.306 e. The Labute approximate surface area is 158 Å². The number of aromatic nitrogens is 2. The van der Waals surface area contributed by atoms with E-state index in [0.29, 0.717) is 6.04 Å². The van der Waals surface area contributed by atoms with Crippen LogP contribution in [0.1, 0.15) is 43.9 Å². The van der Waals surface area contributed by atoms with E-state index in [2.05, 4.69) is 77.0 Å². The molecule has 4 nitrogen and oxygen atoms in total. The monoisotopic (exact) mass is 354 g/mol. The maximum Gasteiger partial charge on any atom is 0.0534 e. The lowest BCUT2D eigenvalue weighted by Gasteiger charge is -2.33. The highest BCUT2D eigenvalue weighted by Gasteiger charge is 2.20. The van der Waals surface area contributed by atoms with Crippen molar-refractivity contribution >= 4 is 0 Å². The molecule has 1 aromatic carbocycles. The zero-order valence-corrected chi connectivity index (χ0v) is 16.6. The second-order valence-electron chi connectivity index (χ2n) is 8.16. The van der Waals surface area contributed by atoms with Crippen molar-refractivity contribution in [2.75, 3.05) is 33.2 Å². The van der Waals surface area contributed by atoms with Crippen LogP contribution in [0.4, 0.5) is 0 Å². The smallest absolute Gasteiger partial charge is 0.0534 e. The van der Waals surface area contributed by atoms with E-state index < -0.39 is 0 Å². The molecule has 1 saturated heterocycles. The van der Waals surface area contributed by atoms with Crippen molar-refractivity contribution in [3.63, 3.8) is 0 Å². The average molecular weight is 355 g/mol. The molecule has 1 unspecified atom stereocenters. The summed E-state index contributed by atoms with van der Waals surface area (Å²) in [6.45, 7) is 10.1. The lowest BCUT2D eigenvalue weighted by atomic mass is 9.97. The van der Waals surface area contributed by atoms with Crippen molar-refractivity contribution in [3.8, 4) is 0 Å². The number of nitrogens with zero attached hydrogens (tertiary/aromatic N) is 4. The van der Waals surface area contributed by atoms with Crippen LogP contribution in [0.5, 0.6) is 0 Å². The van der Waals surface area contributed by atoms with E-state index in [1.165, 1.54) is 43.6 Å². The summed E-state index contributed by atoms with van der Waals surface area (Å²) in [5, 5.41) is 4.53. The quantitative estimate of drug-likeness (QED) is 0.720. The first-order valence-corrected chi connectivity index (χ1v) is 10.1. The van der Waals surface area contributed by atoms with E-state index in [-0.39, 0.29) is 0 Å². The van der Waals surface area contributed by atoms with E-state index >= 15 is 0 Å². The van der Waals surface area contributed by atoms with Crippen molar-refractivity contribution in [2.45, 2.75) is 45.7 Å². The highest BCUT2D eigenvalue weighted by Crippen LogP contribution is 2.18. The van der Waals surface area contributed by atoms with Crippen molar-refractivity contribution in [1.29, 1.82) is 0 Å². The summed E-state index contributed by atoms with van der Waals surface area (Å²) in [6.07, 6.45) is 8.06. The number of piperidine rings is 1. The number of hydrogen-bond donors (Lipinski definition) is 0. The van der Waals surface area contributed by atoms with Crippen LogP contribution in [-0.2, 0) is 13.0 Å². The van der Waals surface area contributed by atoms with E-state index in [0.717, 1.165) is 25.4 Å². The van der Waals surface area contributed by atoms with Gasteiger partial charge in [-0.3, -0.25) is 9.58 Å². The SMILES string of the molecule is CC(C)n1cc(CN(CCc2ccccc2)CC2CCCN(C)C2)cn1. The molecule has 2 aromatic rings. The van der Waals surface area contributed by atoms with Crippen molar-refractivity contribution in [1.82, 2.24) is 19.6 Å². The molecule has 0 N–H and O–H groups in total. The van der Waals surface area contributed by atoms with E-state index in [9.17, 15) is 0 Å². The Hall–Kier alpha value is -1.65. The molecule has 1 aromatic heterocycles. The van der Waals surface area contributed by atoms with Crippen molar-refractivity contribution < 1.29 is 0 Å². The second kappa shape index (κ2) is 9.33. The minimum atomic E-state index is 0.425. The van der Waals surface area contributed by atoms with Crippen LogP contribution in [-0.4, -0.2) is 52.8 Å². The van der Waals surface area contributed by atoms with Gasteiger partial charge in [-0.25, -0.2) is 0 Å². The Morgan fingerprint density at radius 1 is 1.19 bits per heavy atom. The van der Waals surface area contributed by atoms with Crippen LogP contribution in [0.2, 0.25) is 0 Å². The molecule has 1 fully saturated rings. The fraction of sp³-hybridized carbons (Fsp3) is 0.591. The summed E-state index contributed by atoms with van der Waals surface area (Å²) in [5.74, 6) is 0.782. The van der Waals surface area contributed by atoms with Gasteiger partial charge in [0.1, 0.15) is 0 Å². The number of hydrogen-bond acceptors (Lipinski definition) is 3. The van der Waals surface area contributed by atoms with Gasteiger partial charge in [0.05, 0.1) is 6.20 Å². The maximum atomic E-state index is 4.53. The molecule has 0 bridgehead atoms. The Balaban J connectivity index is 1.63. The highest BCUT2D eigenvalue weighted by atomic mass is 15.3. The lowest BCUT2D eigenvalue weighted by Crippen LogP contribution is -2.39. The van der Waals surface area contributed by atoms with Gasteiger partial charge in [0.25, 0.3) is 0 Å². The summed E-state index contributed by atoms with van der Waals surface area (Å²) in [4.78, 5) is 5.12. The second-order valence-corrected chi connectivity index (χ2v) is 8.16. The predicted molar refractivity (Wildman–Crippen MR) is 108 cm³/mol. The summed E-state index contributed by atoms with van der Waals surface area (Å²) in [6, 6.07) is 11.3. The topological polar surface area (TPSA) is 24.3 Å². The number of likely N-dealkylation sites (tertiary alicyclic amines) is 1. The van der Waals surface area contributed by atoms with Gasteiger partial charge in [0, 0.05) is 44.0 Å².